The summed E-state index contributed by atoms with van der Waals surface area (Å²) in [6, 6.07) is 3.89. The molecule has 1 fully saturated rings. The lowest BCUT2D eigenvalue weighted by Crippen LogP contribution is -2.50. The number of hydrogen-bond acceptors (Lipinski definition) is 5. The standard InChI is InChI=1S/C24H28F3N5O2/c1-14-13-32(7-6-31(14)2)21-10-19(25)16(15-4-3-5-28-11-15)8-20(21)30-24(34)18-12-29-22(33)9-17(18)23(26)27/h4,8-10,12,14,23,28H,3,5-7,11,13H2,1-2H3,(H,29,33)(H,30,34). The zero-order valence-corrected chi connectivity index (χ0v) is 19.1. The number of H-pyrrole nitrogens is 1. The van der Waals surface area contributed by atoms with Gasteiger partial charge in [0.05, 0.1) is 16.9 Å². The fraction of sp³-hybridized carbons (Fsp3) is 0.417. The van der Waals surface area contributed by atoms with Crippen molar-refractivity contribution < 1.29 is 18.0 Å². The predicted octanol–water partition coefficient (Wildman–Crippen LogP) is 3.22. The van der Waals surface area contributed by atoms with E-state index in [1.807, 2.05) is 18.0 Å². The quantitative estimate of drug-likeness (QED) is 0.619. The van der Waals surface area contributed by atoms with Crippen molar-refractivity contribution in [2.75, 3.05) is 50.0 Å². The summed E-state index contributed by atoms with van der Waals surface area (Å²) in [5, 5.41) is 5.91. The van der Waals surface area contributed by atoms with E-state index >= 15 is 4.39 Å². The van der Waals surface area contributed by atoms with Gasteiger partial charge >= 0.3 is 0 Å². The molecule has 1 saturated heterocycles. The minimum absolute atomic E-state index is 0.204. The van der Waals surface area contributed by atoms with Crippen molar-refractivity contribution in [3.63, 3.8) is 0 Å². The summed E-state index contributed by atoms with van der Waals surface area (Å²) in [5.41, 5.74) is 0.228. The van der Waals surface area contributed by atoms with Crippen LogP contribution in [0.1, 0.15) is 41.3 Å². The Morgan fingerprint density at radius 1 is 1.24 bits per heavy atom. The van der Waals surface area contributed by atoms with E-state index < -0.39 is 29.3 Å². The number of alkyl halides is 2. The lowest BCUT2D eigenvalue weighted by molar-refractivity contribution is 0.101. The third-order valence-corrected chi connectivity index (χ3v) is 6.44. The number of anilines is 2. The number of nitrogens with one attached hydrogen (secondary N) is 3. The Kier molecular flexibility index (Phi) is 7.08. The molecule has 1 aromatic heterocycles. The van der Waals surface area contributed by atoms with Crippen molar-refractivity contribution in [1.82, 2.24) is 15.2 Å². The first kappa shape index (κ1) is 24.0. The molecule has 1 atom stereocenters. The van der Waals surface area contributed by atoms with Crippen LogP contribution in [0.25, 0.3) is 5.57 Å². The fourth-order valence-electron chi connectivity index (χ4n) is 4.34. The largest absolute Gasteiger partial charge is 0.367 e. The van der Waals surface area contributed by atoms with Gasteiger partial charge in [0.15, 0.2) is 0 Å². The van der Waals surface area contributed by atoms with Crippen LogP contribution in [-0.4, -0.2) is 61.6 Å². The highest BCUT2D eigenvalue weighted by atomic mass is 19.3. The molecule has 2 aliphatic rings. The Morgan fingerprint density at radius 2 is 2.03 bits per heavy atom. The minimum atomic E-state index is -3.00. The van der Waals surface area contributed by atoms with E-state index in [4.69, 9.17) is 0 Å². The molecule has 0 radical (unpaired) electrons. The van der Waals surface area contributed by atoms with E-state index in [0.29, 0.717) is 36.6 Å². The maximum atomic E-state index is 15.3. The molecule has 34 heavy (non-hydrogen) atoms. The van der Waals surface area contributed by atoms with Gasteiger partial charge in [-0.15, -0.1) is 0 Å². The molecule has 0 bridgehead atoms. The highest BCUT2D eigenvalue weighted by molar-refractivity contribution is 6.07. The lowest BCUT2D eigenvalue weighted by Gasteiger charge is -2.39. The van der Waals surface area contributed by atoms with Crippen LogP contribution >= 0.6 is 0 Å². The first-order chi connectivity index (χ1) is 16.2. The number of piperazine rings is 1. The molecule has 7 nitrogen and oxygen atoms in total. The van der Waals surface area contributed by atoms with Gasteiger partial charge in [-0.05, 0) is 44.6 Å². The molecule has 182 valence electrons. The second-order valence-corrected chi connectivity index (χ2v) is 8.74. The number of aromatic amines is 1. The van der Waals surface area contributed by atoms with E-state index in [2.05, 4.69) is 27.4 Å². The normalized spacial score (nSPS) is 19.3. The minimum Gasteiger partial charge on any atom is -0.367 e. The van der Waals surface area contributed by atoms with E-state index in [9.17, 15) is 18.4 Å². The number of carbonyl (C=O) groups is 1. The average Bonchev–Trinajstić information content (AvgIpc) is 2.82. The number of amides is 1. The molecule has 2 aromatic rings. The smallest absolute Gasteiger partial charge is 0.264 e. The zero-order valence-electron chi connectivity index (χ0n) is 19.1. The molecule has 0 aliphatic carbocycles. The maximum Gasteiger partial charge on any atom is 0.264 e. The molecule has 4 rings (SSSR count). The Labute approximate surface area is 195 Å². The third-order valence-electron chi connectivity index (χ3n) is 6.44. The van der Waals surface area contributed by atoms with Crippen LogP contribution in [0, 0.1) is 5.82 Å². The Balaban J connectivity index is 1.75. The Morgan fingerprint density at radius 3 is 2.71 bits per heavy atom. The van der Waals surface area contributed by atoms with Crippen molar-refractivity contribution in [2.24, 2.45) is 0 Å². The molecule has 0 saturated carbocycles. The topological polar surface area (TPSA) is 80.5 Å². The van der Waals surface area contributed by atoms with Crippen molar-refractivity contribution >= 4 is 22.9 Å². The third kappa shape index (κ3) is 5.02. The van der Waals surface area contributed by atoms with Gasteiger partial charge < -0.3 is 25.4 Å². The number of halogens is 3. The SMILES string of the molecule is CC1CN(c2cc(F)c(C3=CCCNC3)cc2NC(=O)c2c[nH]c(=O)cc2C(F)F)CCN1C. The van der Waals surface area contributed by atoms with Crippen LogP contribution in [-0.2, 0) is 0 Å². The van der Waals surface area contributed by atoms with Crippen LogP contribution in [0.15, 0.2) is 35.3 Å². The Bertz CT molecular complexity index is 1160. The molecule has 3 N–H and O–H groups in total. The number of hydrogen-bond donors (Lipinski definition) is 3. The molecule has 10 heteroatoms. The highest BCUT2D eigenvalue weighted by Gasteiger charge is 2.26. The molecule has 1 unspecified atom stereocenters. The van der Waals surface area contributed by atoms with Gasteiger partial charge in [0.25, 0.3) is 12.3 Å². The van der Waals surface area contributed by atoms with E-state index in [1.165, 1.54) is 6.07 Å². The van der Waals surface area contributed by atoms with E-state index in [0.717, 1.165) is 37.3 Å². The van der Waals surface area contributed by atoms with E-state index in [-0.39, 0.29) is 11.6 Å². The van der Waals surface area contributed by atoms with Crippen LogP contribution in [0.4, 0.5) is 24.5 Å². The molecular formula is C24H28F3N5O2. The van der Waals surface area contributed by atoms with E-state index in [1.54, 1.807) is 6.07 Å². The Hall–Kier alpha value is -3.11. The van der Waals surface area contributed by atoms with Crippen LogP contribution in [0.3, 0.4) is 0 Å². The molecule has 0 spiro atoms. The number of aromatic nitrogens is 1. The summed E-state index contributed by atoms with van der Waals surface area (Å²) in [5.74, 6) is -1.21. The number of pyridine rings is 1. The number of rotatable bonds is 5. The molecule has 1 amide bonds. The van der Waals surface area contributed by atoms with Crippen molar-refractivity contribution in [2.45, 2.75) is 25.8 Å². The predicted molar refractivity (Wildman–Crippen MR) is 126 cm³/mol. The van der Waals surface area contributed by atoms with Crippen LogP contribution in [0.2, 0.25) is 0 Å². The van der Waals surface area contributed by atoms with Crippen molar-refractivity contribution in [3.05, 3.63) is 63.3 Å². The molecule has 2 aliphatic heterocycles. The first-order valence-electron chi connectivity index (χ1n) is 11.3. The summed E-state index contributed by atoms with van der Waals surface area (Å²) in [7, 11) is 2.01. The number of likely N-dealkylation sites (N-methyl/N-ethyl adjacent to an activating group) is 1. The fourth-order valence-corrected chi connectivity index (χ4v) is 4.34. The monoisotopic (exact) mass is 475 g/mol. The number of carbonyl (C=O) groups excluding carboxylic acids is 1. The maximum absolute atomic E-state index is 15.3. The summed E-state index contributed by atoms with van der Waals surface area (Å²) in [6.07, 6.45) is 0.691. The van der Waals surface area contributed by atoms with Gasteiger partial charge in [0.1, 0.15) is 5.82 Å². The van der Waals surface area contributed by atoms with Crippen LogP contribution < -0.4 is 21.1 Å². The number of benzene rings is 1. The van der Waals surface area contributed by atoms with Gasteiger partial charge in [-0.25, -0.2) is 13.2 Å². The van der Waals surface area contributed by atoms with Gasteiger partial charge in [0, 0.05) is 55.6 Å². The average molecular weight is 476 g/mol. The summed E-state index contributed by atoms with van der Waals surface area (Å²) >= 11 is 0. The van der Waals surface area contributed by atoms with Gasteiger partial charge in [-0.1, -0.05) is 6.08 Å². The highest BCUT2D eigenvalue weighted by Crippen LogP contribution is 2.34. The lowest BCUT2D eigenvalue weighted by atomic mass is 9.99. The van der Waals surface area contributed by atoms with Gasteiger partial charge in [0.2, 0.25) is 5.56 Å². The summed E-state index contributed by atoms with van der Waals surface area (Å²) in [4.78, 5) is 31.0. The zero-order chi connectivity index (χ0) is 24.4. The second-order valence-electron chi connectivity index (χ2n) is 8.74. The van der Waals surface area contributed by atoms with Gasteiger partial charge in [-0.3, -0.25) is 9.59 Å². The summed E-state index contributed by atoms with van der Waals surface area (Å²) < 4.78 is 42.3. The molecular weight excluding hydrogens is 447 g/mol. The number of nitrogens with zero attached hydrogens (tertiary/aromatic N) is 2. The van der Waals surface area contributed by atoms with Gasteiger partial charge in [-0.2, -0.15) is 0 Å². The van der Waals surface area contributed by atoms with Crippen molar-refractivity contribution in [3.8, 4) is 0 Å². The molecule has 1 aromatic carbocycles. The van der Waals surface area contributed by atoms with Crippen molar-refractivity contribution in [1.29, 1.82) is 0 Å². The first-order valence-corrected chi connectivity index (χ1v) is 11.3. The molecule has 3 heterocycles. The summed E-state index contributed by atoms with van der Waals surface area (Å²) in [6.45, 7) is 5.33. The van der Waals surface area contributed by atoms with Crippen LogP contribution in [0.5, 0.6) is 0 Å². The second kappa shape index (κ2) is 10.0.